The highest BCUT2D eigenvalue weighted by Crippen LogP contribution is 2.21. The highest BCUT2D eigenvalue weighted by Gasteiger charge is 2.18. The Morgan fingerprint density at radius 3 is 2.62 bits per heavy atom. The molecule has 1 N–H and O–H groups in total. The lowest BCUT2D eigenvalue weighted by atomic mass is 10.1. The van der Waals surface area contributed by atoms with Crippen molar-refractivity contribution in [3.63, 3.8) is 0 Å². The lowest BCUT2D eigenvalue weighted by Crippen LogP contribution is -2.39. The summed E-state index contributed by atoms with van der Waals surface area (Å²) in [5.74, 6) is 2.05. The molecule has 0 radical (unpaired) electrons. The van der Waals surface area contributed by atoms with E-state index in [9.17, 15) is 4.79 Å². The van der Waals surface area contributed by atoms with Crippen LogP contribution >= 0.6 is 0 Å². The standard InChI is InChI=1S/C21H27NO4/c1-5-19(26-20-13-15(2)9-10-16(20)3)21(23)22-11-12-25-18-8-6-7-17(14-18)24-4/h6-10,13-14,19H,5,11-12H2,1-4H3,(H,22,23)/t19-/m0/s1. The van der Waals surface area contributed by atoms with E-state index in [-0.39, 0.29) is 5.91 Å². The van der Waals surface area contributed by atoms with E-state index >= 15 is 0 Å². The zero-order valence-electron chi connectivity index (χ0n) is 15.9. The first-order valence-corrected chi connectivity index (χ1v) is 8.82. The molecular weight excluding hydrogens is 330 g/mol. The highest BCUT2D eigenvalue weighted by molar-refractivity contribution is 5.81. The molecule has 26 heavy (non-hydrogen) atoms. The Morgan fingerprint density at radius 1 is 1.12 bits per heavy atom. The fraction of sp³-hybridized carbons (Fsp3) is 0.381. The molecule has 2 aromatic carbocycles. The number of carbonyl (C=O) groups is 1. The highest BCUT2D eigenvalue weighted by atomic mass is 16.5. The average Bonchev–Trinajstić information content (AvgIpc) is 2.65. The van der Waals surface area contributed by atoms with Gasteiger partial charge in [-0.1, -0.05) is 25.1 Å². The molecular formula is C21H27NO4. The summed E-state index contributed by atoms with van der Waals surface area (Å²) in [6, 6.07) is 13.3. The van der Waals surface area contributed by atoms with E-state index in [2.05, 4.69) is 5.32 Å². The molecule has 140 valence electrons. The maximum atomic E-state index is 12.4. The summed E-state index contributed by atoms with van der Waals surface area (Å²) in [5, 5.41) is 2.87. The van der Waals surface area contributed by atoms with E-state index in [0.29, 0.717) is 25.3 Å². The zero-order valence-corrected chi connectivity index (χ0v) is 15.9. The lowest BCUT2D eigenvalue weighted by molar-refractivity contribution is -0.128. The van der Waals surface area contributed by atoms with Crippen LogP contribution in [0.4, 0.5) is 0 Å². The summed E-state index contributed by atoms with van der Waals surface area (Å²) >= 11 is 0. The van der Waals surface area contributed by atoms with Gasteiger partial charge in [0, 0.05) is 6.07 Å². The number of carbonyl (C=O) groups excluding carboxylic acids is 1. The van der Waals surface area contributed by atoms with Gasteiger partial charge in [0.1, 0.15) is 23.9 Å². The minimum Gasteiger partial charge on any atom is -0.497 e. The monoisotopic (exact) mass is 357 g/mol. The molecule has 0 fully saturated rings. The molecule has 0 heterocycles. The molecule has 2 aromatic rings. The Hall–Kier alpha value is -2.69. The van der Waals surface area contributed by atoms with Gasteiger partial charge in [0.05, 0.1) is 13.7 Å². The van der Waals surface area contributed by atoms with Crippen molar-refractivity contribution in [1.29, 1.82) is 0 Å². The third-order valence-electron chi connectivity index (χ3n) is 3.99. The Labute approximate surface area is 155 Å². The van der Waals surface area contributed by atoms with Crippen LogP contribution < -0.4 is 19.5 Å². The van der Waals surface area contributed by atoms with Gasteiger partial charge in [-0.2, -0.15) is 0 Å². The lowest BCUT2D eigenvalue weighted by Gasteiger charge is -2.19. The molecule has 0 bridgehead atoms. The van der Waals surface area contributed by atoms with E-state index in [0.717, 1.165) is 22.6 Å². The maximum Gasteiger partial charge on any atom is 0.261 e. The van der Waals surface area contributed by atoms with Crippen LogP contribution in [0.15, 0.2) is 42.5 Å². The number of nitrogens with one attached hydrogen (secondary N) is 1. The number of hydrogen-bond acceptors (Lipinski definition) is 4. The van der Waals surface area contributed by atoms with Crippen molar-refractivity contribution in [3.8, 4) is 17.2 Å². The number of aryl methyl sites for hydroxylation is 2. The smallest absolute Gasteiger partial charge is 0.261 e. The van der Waals surface area contributed by atoms with Crippen molar-refractivity contribution < 1.29 is 19.0 Å². The Balaban J connectivity index is 1.82. The maximum absolute atomic E-state index is 12.4. The van der Waals surface area contributed by atoms with E-state index in [1.54, 1.807) is 13.2 Å². The fourth-order valence-electron chi connectivity index (χ4n) is 2.46. The Morgan fingerprint density at radius 2 is 1.88 bits per heavy atom. The predicted octanol–water partition coefficient (Wildman–Crippen LogP) is 3.66. The summed E-state index contributed by atoms with van der Waals surface area (Å²) in [7, 11) is 1.61. The topological polar surface area (TPSA) is 56.8 Å². The van der Waals surface area contributed by atoms with Crippen LogP contribution in [0.2, 0.25) is 0 Å². The van der Waals surface area contributed by atoms with Crippen molar-refractivity contribution in [2.45, 2.75) is 33.3 Å². The van der Waals surface area contributed by atoms with Gasteiger partial charge < -0.3 is 19.5 Å². The minimum absolute atomic E-state index is 0.136. The van der Waals surface area contributed by atoms with Gasteiger partial charge in [0.25, 0.3) is 5.91 Å². The molecule has 5 nitrogen and oxygen atoms in total. The van der Waals surface area contributed by atoms with Crippen molar-refractivity contribution in [2.24, 2.45) is 0 Å². The first-order chi connectivity index (χ1) is 12.5. The number of amides is 1. The van der Waals surface area contributed by atoms with E-state index in [1.807, 2.05) is 57.2 Å². The summed E-state index contributed by atoms with van der Waals surface area (Å²) in [6.07, 6.45) is 0.0722. The number of methoxy groups -OCH3 is 1. The molecule has 0 aromatic heterocycles. The zero-order chi connectivity index (χ0) is 18.9. The minimum atomic E-state index is -0.521. The van der Waals surface area contributed by atoms with E-state index < -0.39 is 6.10 Å². The fourth-order valence-corrected chi connectivity index (χ4v) is 2.46. The summed E-state index contributed by atoms with van der Waals surface area (Å²) in [5.41, 5.74) is 2.12. The van der Waals surface area contributed by atoms with Crippen molar-refractivity contribution in [1.82, 2.24) is 5.32 Å². The van der Waals surface area contributed by atoms with Gasteiger partial charge in [0.2, 0.25) is 0 Å². The molecule has 0 aliphatic carbocycles. The summed E-state index contributed by atoms with van der Waals surface area (Å²) in [6.45, 7) is 6.69. The van der Waals surface area contributed by atoms with Crippen LogP contribution in [0, 0.1) is 13.8 Å². The molecule has 0 saturated heterocycles. The van der Waals surface area contributed by atoms with Crippen LogP contribution in [-0.2, 0) is 4.79 Å². The Kier molecular flexibility index (Phi) is 7.33. The van der Waals surface area contributed by atoms with Gasteiger partial charge in [-0.25, -0.2) is 0 Å². The SMILES string of the molecule is CC[C@H](Oc1cc(C)ccc1C)C(=O)NCCOc1cccc(OC)c1. The molecule has 1 amide bonds. The first-order valence-electron chi connectivity index (χ1n) is 8.82. The average molecular weight is 357 g/mol. The van der Waals surface area contributed by atoms with Crippen LogP contribution in [0.25, 0.3) is 0 Å². The first kappa shape index (κ1) is 19.6. The van der Waals surface area contributed by atoms with Gasteiger partial charge in [-0.3, -0.25) is 4.79 Å². The second kappa shape index (κ2) is 9.70. The third kappa shape index (κ3) is 5.69. The van der Waals surface area contributed by atoms with Gasteiger partial charge in [-0.15, -0.1) is 0 Å². The van der Waals surface area contributed by atoms with Crippen molar-refractivity contribution >= 4 is 5.91 Å². The van der Waals surface area contributed by atoms with E-state index in [1.165, 1.54) is 0 Å². The second-order valence-electron chi connectivity index (χ2n) is 6.10. The second-order valence-corrected chi connectivity index (χ2v) is 6.10. The molecule has 0 aliphatic heterocycles. The van der Waals surface area contributed by atoms with Crippen LogP contribution in [0.5, 0.6) is 17.2 Å². The number of ether oxygens (including phenoxy) is 3. The summed E-state index contributed by atoms with van der Waals surface area (Å²) < 4.78 is 16.7. The van der Waals surface area contributed by atoms with Gasteiger partial charge in [-0.05, 0) is 49.6 Å². The molecule has 2 rings (SSSR count). The molecule has 5 heteroatoms. The number of rotatable bonds is 9. The molecule has 1 atom stereocenters. The quantitative estimate of drug-likeness (QED) is 0.696. The number of benzene rings is 2. The van der Waals surface area contributed by atoms with Crippen LogP contribution in [0.1, 0.15) is 24.5 Å². The third-order valence-corrected chi connectivity index (χ3v) is 3.99. The number of hydrogen-bond donors (Lipinski definition) is 1. The summed E-state index contributed by atoms with van der Waals surface area (Å²) in [4.78, 5) is 12.4. The van der Waals surface area contributed by atoms with Gasteiger partial charge in [0.15, 0.2) is 6.10 Å². The normalized spacial score (nSPS) is 11.5. The van der Waals surface area contributed by atoms with Gasteiger partial charge >= 0.3 is 0 Å². The van der Waals surface area contributed by atoms with Crippen molar-refractivity contribution in [3.05, 3.63) is 53.6 Å². The molecule has 0 aliphatic rings. The molecule has 0 saturated carbocycles. The molecule has 0 unspecified atom stereocenters. The Bertz CT molecular complexity index is 730. The largest absolute Gasteiger partial charge is 0.497 e. The van der Waals surface area contributed by atoms with Crippen molar-refractivity contribution in [2.75, 3.05) is 20.3 Å². The van der Waals surface area contributed by atoms with Crippen LogP contribution in [-0.4, -0.2) is 32.3 Å². The van der Waals surface area contributed by atoms with E-state index in [4.69, 9.17) is 14.2 Å². The van der Waals surface area contributed by atoms with Crippen LogP contribution in [0.3, 0.4) is 0 Å². The predicted molar refractivity (Wildman–Crippen MR) is 102 cm³/mol. The molecule has 0 spiro atoms.